The number of rotatable bonds is 8. The van der Waals surface area contributed by atoms with Crippen LogP contribution in [0.15, 0.2) is 48.5 Å². The highest BCUT2D eigenvalue weighted by atomic mass is 35.5. The van der Waals surface area contributed by atoms with Gasteiger partial charge in [-0.1, -0.05) is 23.7 Å². The van der Waals surface area contributed by atoms with Gasteiger partial charge in [-0.05, 0) is 50.2 Å². The first-order chi connectivity index (χ1) is 12.4. The normalized spacial score (nSPS) is 12.9. The van der Waals surface area contributed by atoms with Crippen molar-refractivity contribution in [3.8, 4) is 5.75 Å². The molecule has 1 unspecified atom stereocenters. The summed E-state index contributed by atoms with van der Waals surface area (Å²) in [6.45, 7) is 4.53. The van der Waals surface area contributed by atoms with Crippen molar-refractivity contribution >= 4 is 29.0 Å². The van der Waals surface area contributed by atoms with Gasteiger partial charge in [-0.25, -0.2) is 0 Å². The maximum Gasteiger partial charge on any atom is 0.282 e. The van der Waals surface area contributed by atoms with Gasteiger partial charge in [-0.15, -0.1) is 0 Å². The predicted molar refractivity (Wildman–Crippen MR) is 103 cm³/mol. The number of hydrogen-bond acceptors (Lipinski definition) is 3. The minimum absolute atomic E-state index is 0.0313. The van der Waals surface area contributed by atoms with Crippen LogP contribution in [-0.4, -0.2) is 37.9 Å². The molecular formula is C20H24ClN2O3+. The van der Waals surface area contributed by atoms with Crippen LogP contribution in [0.2, 0.25) is 5.02 Å². The van der Waals surface area contributed by atoms with Crippen molar-refractivity contribution in [3.05, 3.63) is 59.1 Å². The molecule has 2 atom stereocenters. The van der Waals surface area contributed by atoms with Crippen LogP contribution in [0.4, 0.5) is 5.69 Å². The Morgan fingerprint density at radius 1 is 1.19 bits per heavy atom. The number of ketones is 1. The number of Topliss-reactive ketones (excluding diaryl/α,β-unsaturated/α-hetero) is 1. The van der Waals surface area contributed by atoms with E-state index in [1.54, 1.807) is 36.4 Å². The topological polar surface area (TPSA) is 59.8 Å². The predicted octanol–water partition coefficient (Wildman–Crippen LogP) is 2.46. The number of quaternary nitrogens is 1. The second kappa shape index (κ2) is 9.36. The van der Waals surface area contributed by atoms with Gasteiger partial charge in [0.25, 0.3) is 5.91 Å². The first kappa shape index (κ1) is 19.9. The lowest BCUT2D eigenvalue weighted by atomic mass is 10.1. The molecule has 0 aliphatic carbocycles. The van der Waals surface area contributed by atoms with Crippen LogP contribution in [-0.2, 0) is 4.79 Å². The highest BCUT2D eigenvalue weighted by Gasteiger charge is 2.21. The molecule has 5 nitrogen and oxygen atoms in total. The number of carbonyl (C=O) groups is 2. The van der Waals surface area contributed by atoms with E-state index in [2.05, 4.69) is 5.32 Å². The number of halogens is 1. The Kier molecular flexibility index (Phi) is 7.18. The van der Waals surface area contributed by atoms with Crippen molar-refractivity contribution in [1.29, 1.82) is 0 Å². The van der Waals surface area contributed by atoms with Crippen LogP contribution < -0.4 is 15.0 Å². The van der Waals surface area contributed by atoms with Crippen LogP contribution >= 0.6 is 11.6 Å². The molecule has 0 saturated carbocycles. The number of carbonyl (C=O) groups excluding carboxylic acids is 2. The monoisotopic (exact) mass is 375 g/mol. The van der Waals surface area contributed by atoms with Gasteiger partial charge < -0.3 is 15.0 Å². The molecule has 1 amide bonds. The number of anilines is 1. The molecule has 26 heavy (non-hydrogen) atoms. The van der Waals surface area contributed by atoms with Crippen molar-refractivity contribution in [2.24, 2.45) is 0 Å². The van der Waals surface area contributed by atoms with Gasteiger partial charge in [-0.3, -0.25) is 9.59 Å². The van der Waals surface area contributed by atoms with E-state index in [4.69, 9.17) is 16.3 Å². The molecule has 0 bridgehead atoms. The Bertz CT molecular complexity index is 762. The molecule has 2 aromatic carbocycles. The van der Waals surface area contributed by atoms with Crippen LogP contribution in [0.3, 0.4) is 0 Å². The van der Waals surface area contributed by atoms with E-state index < -0.39 is 0 Å². The summed E-state index contributed by atoms with van der Waals surface area (Å²) in [6, 6.07) is 13.9. The Labute approximate surface area is 158 Å². The van der Waals surface area contributed by atoms with Crippen molar-refractivity contribution in [2.75, 3.05) is 25.5 Å². The molecule has 0 aliphatic rings. The molecule has 6 heteroatoms. The van der Waals surface area contributed by atoms with E-state index in [1.807, 2.05) is 26.1 Å². The number of nitrogens with one attached hydrogen (secondary N) is 2. The van der Waals surface area contributed by atoms with E-state index in [1.165, 1.54) is 6.92 Å². The Morgan fingerprint density at radius 2 is 1.88 bits per heavy atom. The van der Waals surface area contributed by atoms with Gasteiger partial charge >= 0.3 is 0 Å². The first-order valence-electron chi connectivity index (χ1n) is 8.49. The zero-order chi connectivity index (χ0) is 19.1. The number of ether oxygens (including phenoxy) is 1. The van der Waals surface area contributed by atoms with Gasteiger partial charge in [0.05, 0.1) is 7.05 Å². The van der Waals surface area contributed by atoms with Gasteiger partial charge in [0, 0.05) is 16.3 Å². The van der Waals surface area contributed by atoms with Gasteiger partial charge in [0.1, 0.15) is 18.9 Å². The third kappa shape index (κ3) is 5.86. The molecule has 0 radical (unpaired) electrons. The fourth-order valence-corrected chi connectivity index (χ4v) is 2.49. The van der Waals surface area contributed by atoms with Gasteiger partial charge in [0.2, 0.25) is 0 Å². The van der Waals surface area contributed by atoms with Crippen molar-refractivity contribution in [2.45, 2.75) is 19.9 Å². The average Bonchev–Trinajstić information content (AvgIpc) is 2.62. The van der Waals surface area contributed by atoms with Crippen molar-refractivity contribution < 1.29 is 19.2 Å². The maximum atomic E-state index is 12.4. The molecule has 0 saturated heterocycles. The molecule has 2 N–H and O–H groups in total. The number of hydrogen-bond donors (Lipinski definition) is 2. The minimum atomic E-state index is -0.259. The summed E-state index contributed by atoms with van der Waals surface area (Å²) in [5.41, 5.74) is 1.20. The SMILES string of the molecule is CC(=O)c1cccc(NC(=O)[C@@H](C)[NH+](C)CCOc2ccc(Cl)cc2)c1. The third-order valence-electron chi connectivity index (χ3n) is 4.25. The van der Waals surface area contributed by atoms with Crippen LogP contribution in [0.5, 0.6) is 5.75 Å². The highest BCUT2D eigenvalue weighted by Crippen LogP contribution is 2.15. The lowest BCUT2D eigenvalue weighted by Gasteiger charge is -2.21. The Morgan fingerprint density at radius 3 is 2.54 bits per heavy atom. The van der Waals surface area contributed by atoms with Crippen LogP contribution in [0.25, 0.3) is 0 Å². The molecule has 138 valence electrons. The number of benzene rings is 2. The summed E-state index contributed by atoms with van der Waals surface area (Å²) in [6.07, 6.45) is 0. The lowest BCUT2D eigenvalue weighted by Crippen LogP contribution is -3.14. The van der Waals surface area contributed by atoms with E-state index in [-0.39, 0.29) is 17.7 Å². The molecule has 2 aromatic rings. The molecule has 0 fully saturated rings. The summed E-state index contributed by atoms with van der Waals surface area (Å²) in [7, 11) is 1.95. The van der Waals surface area contributed by atoms with Crippen molar-refractivity contribution in [1.82, 2.24) is 0 Å². The molecule has 0 aromatic heterocycles. The zero-order valence-corrected chi connectivity index (χ0v) is 16.0. The standard InChI is InChI=1S/C20H23ClN2O3/c1-14(20(25)22-18-6-4-5-16(13-18)15(2)24)23(3)11-12-26-19-9-7-17(21)8-10-19/h4-10,13-14H,11-12H2,1-3H3,(H,22,25)/p+1/t14-/m1/s1. The minimum Gasteiger partial charge on any atom is -0.488 e. The quantitative estimate of drug-likeness (QED) is 0.697. The first-order valence-corrected chi connectivity index (χ1v) is 8.87. The summed E-state index contributed by atoms with van der Waals surface area (Å²) in [5.74, 6) is 0.617. The summed E-state index contributed by atoms with van der Waals surface area (Å²) < 4.78 is 5.67. The lowest BCUT2D eigenvalue weighted by molar-refractivity contribution is -0.894. The van der Waals surface area contributed by atoms with Crippen molar-refractivity contribution in [3.63, 3.8) is 0 Å². The van der Waals surface area contributed by atoms with Crippen LogP contribution in [0.1, 0.15) is 24.2 Å². The second-order valence-corrected chi connectivity index (χ2v) is 6.68. The molecule has 0 aliphatic heterocycles. The van der Waals surface area contributed by atoms with E-state index in [0.29, 0.717) is 29.4 Å². The number of likely N-dealkylation sites (N-methyl/N-ethyl adjacent to an activating group) is 1. The Balaban J connectivity index is 1.83. The maximum absolute atomic E-state index is 12.4. The summed E-state index contributed by atoms with van der Waals surface area (Å²) in [4.78, 5) is 24.9. The largest absolute Gasteiger partial charge is 0.488 e. The van der Waals surface area contributed by atoms with Crippen LogP contribution in [0, 0.1) is 0 Å². The molecule has 0 spiro atoms. The zero-order valence-electron chi connectivity index (χ0n) is 15.2. The third-order valence-corrected chi connectivity index (χ3v) is 4.50. The molecule has 2 rings (SSSR count). The van der Waals surface area contributed by atoms with Gasteiger partial charge in [-0.2, -0.15) is 0 Å². The fourth-order valence-electron chi connectivity index (χ4n) is 2.37. The van der Waals surface area contributed by atoms with E-state index >= 15 is 0 Å². The average molecular weight is 376 g/mol. The fraction of sp³-hybridized carbons (Fsp3) is 0.300. The summed E-state index contributed by atoms with van der Waals surface area (Å²) >= 11 is 5.84. The Hall–Kier alpha value is -2.37. The summed E-state index contributed by atoms with van der Waals surface area (Å²) in [5, 5.41) is 3.53. The van der Waals surface area contributed by atoms with E-state index in [0.717, 1.165) is 10.6 Å². The smallest absolute Gasteiger partial charge is 0.282 e. The van der Waals surface area contributed by atoms with Gasteiger partial charge in [0.15, 0.2) is 11.8 Å². The molecule has 0 heterocycles. The highest BCUT2D eigenvalue weighted by molar-refractivity contribution is 6.30. The number of amides is 1. The second-order valence-electron chi connectivity index (χ2n) is 6.25. The van der Waals surface area contributed by atoms with E-state index in [9.17, 15) is 9.59 Å². The molecular weight excluding hydrogens is 352 g/mol.